The summed E-state index contributed by atoms with van der Waals surface area (Å²) in [6.07, 6.45) is 5.87. The molecule has 0 aromatic carbocycles. The Bertz CT molecular complexity index is 496. The Kier molecular flexibility index (Phi) is 5.63. The highest BCUT2D eigenvalue weighted by Crippen LogP contribution is 2.02. The molecule has 0 bridgehead atoms. The van der Waals surface area contributed by atoms with Gasteiger partial charge in [0.05, 0.1) is 25.3 Å². The molecular weight excluding hydrogens is 272 g/mol. The second-order valence-electron chi connectivity index (χ2n) is 4.62. The zero-order valence-electron chi connectivity index (χ0n) is 11.6. The summed E-state index contributed by atoms with van der Waals surface area (Å²) in [7, 11) is 0. The number of carbonyl (C=O) groups excluding carboxylic acids is 2. The summed E-state index contributed by atoms with van der Waals surface area (Å²) in [4.78, 5) is 23.1. The van der Waals surface area contributed by atoms with Gasteiger partial charge in [0, 0.05) is 24.9 Å². The zero-order chi connectivity index (χ0) is 14.9. The summed E-state index contributed by atoms with van der Waals surface area (Å²) in [6.45, 7) is 0.818. The lowest BCUT2D eigenvalue weighted by molar-refractivity contribution is -0.122. The van der Waals surface area contributed by atoms with Crippen molar-refractivity contribution < 1.29 is 18.4 Å². The van der Waals surface area contributed by atoms with E-state index in [1.54, 1.807) is 37.0 Å². The quantitative estimate of drug-likeness (QED) is 0.778. The van der Waals surface area contributed by atoms with Crippen LogP contribution in [0.1, 0.15) is 30.6 Å². The Balaban J connectivity index is 1.53. The molecule has 0 fully saturated rings. The first-order chi connectivity index (χ1) is 10.2. The van der Waals surface area contributed by atoms with Gasteiger partial charge in [0.25, 0.3) is 0 Å². The Morgan fingerprint density at radius 2 is 1.76 bits per heavy atom. The van der Waals surface area contributed by atoms with Crippen LogP contribution in [0.2, 0.25) is 0 Å². The van der Waals surface area contributed by atoms with Gasteiger partial charge in [-0.15, -0.1) is 0 Å². The summed E-state index contributed by atoms with van der Waals surface area (Å²) < 4.78 is 10.0. The molecule has 0 atom stereocenters. The monoisotopic (exact) mass is 290 g/mol. The number of rotatable bonds is 8. The highest BCUT2D eigenvalue weighted by Gasteiger charge is 2.06. The van der Waals surface area contributed by atoms with Crippen molar-refractivity contribution in [2.75, 3.05) is 0 Å². The Labute approximate surface area is 122 Å². The van der Waals surface area contributed by atoms with Crippen LogP contribution in [-0.4, -0.2) is 11.8 Å². The van der Waals surface area contributed by atoms with Crippen LogP contribution in [0.5, 0.6) is 0 Å². The Morgan fingerprint density at radius 3 is 2.38 bits per heavy atom. The maximum Gasteiger partial charge on any atom is 0.220 e. The summed E-state index contributed by atoms with van der Waals surface area (Å²) in [5.74, 6) is 0.547. The van der Waals surface area contributed by atoms with E-state index >= 15 is 0 Å². The molecule has 2 aromatic heterocycles. The number of hydrogen-bond acceptors (Lipinski definition) is 4. The molecule has 21 heavy (non-hydrogen) atoms. The summed E-state index contributed by atoms with van der Waals surface area (Å²) >= 11 is 0. The first kappa shape index (κ1) is 14.9. The van der Waals surface area contributed by atoms with Crippen LogP contribution in [0.3, 0.4) is 0 Å². The minimum absolute atomic E-state index is 0.0740. The van der Waals surface area contributed by atoms with Gasteiger partial charge in [0.2, 0.25) is 11.8 Å². The van der Waals surface area contributed by atoms with E-state index in [1.807, 2.05) is 0 Å². The summed E-state index contributed by atoms with van der Waals surface area (Å²) in [6, 6.07) is 5.36. The molecule has 0 saturated carbocycles. The molecule has 0 saturated heterocycles. The first-order valence-electron chi connectivity index (χ1n) is 6.81. The molecule has 6 nitrogen and oxygen atoms in total. The summed E-state index contributed by atoms with van der Waals surface area (Å²) in [5, 5.41) is 5.50. The van der Waals surface area contributed by atoms with Crippen molar-refractivity contribution in [3.8, 4) is 0 Å². The molecule has 2 rings (SSSR count). The van der Waals surface area contributed by atoms with E-state index in [9.17, 15) is 9.59 Å². The van der Waals surface area contributed by atoms with E-state index in [-0.39, 0.29) is 11.8 Å². The molecule has 6 heteroatoms. The van der Waals surface area contributed by atoms with Crippen LogP contribution in [0, 0.1) is 0 Å². The van der Waals surface area contributed by atoms with Gasteiger partial charge in [0.1, 0.15) is 5.76 Å². The van der Waals surface area contributed by atoms with Crippen molar-refractivity contribution in [1.29, 1.82) is 0 Å². The van der Waals surface area contributed by atoms with Crippen LogP contribution in [0.15, 0.2) is 45.8 Å². The zero-order valence-corrected chi connectivity index (χ0v) is 11.6. The number of nitrogens with one attached hydrogen (secondary N) is 2. The highest BCUT2D eigenvalue weighted by molar-refractivity contribution is 5.78. The van der Waals surface area contributed by atoms with Gasteiger partial charge >= 0.3 is 0 Å². The van der Waals surface area contributed by atoms with Gasteiger partial charge in [-0.2, -0.15) is 0 Å². The van der Waals surface area contributed by atoms with Crippen LogP contribution < -0.4 is 10.6 Å². The van der Waals surface area contributed by atoms with Gasteiger partial charge in [-0.25, -0.2) is 0 Å². The average Bonchev–Trinajstić information content (AvgIpc) is 3.16. The molecular formula is C15H18N2O4. The van der Waals surface area contributed by atoms with E-state index < -0.39 is 0 Å². The van der Waals surface area contributed by atoms with Gasteiger partial charge in [0.15, 0.2) is 0 Å². The average molecular weight is 290 g/mol. The van der Waals surface area contributed by atoms with Gasteiger partial charge < -0.3 is 19.5 Å². The second-order valence-corrected chi connectivity index (χ2v) is 4.62. The minimum atomic E-state index is -0.0889. The Morgan fingerprint density at radius 1 is 1.00 bits per heavy atom. The van der Waals surface area contributed by atoms with E-state index in [0.717, 1.165) is 5.56 Å². The Hall–Kier alpha value is -2.50. The standard InChI is InChI=1S/C15H18N2O4/c18-14(16-9-12-6-8-20-11-12)4-1-5-15(19)17-10-13-3-2-7-21-13/h2-3,6-8,11H,1,4-5,9-10H2,(H,16,18)(H,17,19). The fourth-order valence-corrected chi connectivity index (χ4v) is 1.78. The fraction of sp³-hybridized carbons (Fsp3) is 0.333. The van der Waals surface area contributed by atoms with E-state index in [0.29, 0.717) is 38.1 Å². The van der Waals surface area contributed by atoms with Gasteiger partial charge in [-0.1, -0.05) is 0 Å². The van der Waals surface area contributed by atoms with Crippen LogP contribution in [-0.2, 0) is 22.7 Å². The second kappa shape index (κ2) is 7.94. The van der Waals surface area contributed by atoms with Crippen LogP contribution in [0.4, 0.5) is 0 Å². The third-order valence-corrected chi connectivity index (χ3v) is 2.92. The predicted octanol–water partition coefficient (Wildman–Crippen LogP) is 1.98. The largest absolute Gasteiger partial charge is 0.472 e. The summed E-state index contributed by atoms with van der Waals surface area (Å²) in [5.41, 5.74) is 0.916. The first-order valence-corrected chi connectivity index (χ1v) is 6.81. The molecule has 0 aliphatic carbocycles. The number of hydrogen-bond donors (Lipinski definition) is 2. The highest BCUT2D eigenvalue weighted by atomic mass is 16.3. The van der Waals surface area contributed by atoms with Crippen molar-refractivity contribution in [3.63, 3.8) is 0 Å². The normalized spacial score (nSPS) is 10.3. The van der Waals surface area contributed by atoms with E-state index in [4.69, 9.17) is 8.83 Å². The van der Waals surface area contributed by atoms with Crippen LogP contribution in [0.25, 0.3) is 0 Å². The number of furan rings is 2. The molecule has 0 unspecified atom stereocenters. The van der Waals surface area contributed by atoms with Crippen molar-refractivity contribution >= 4 is 11.8 Å². The van der Waals surface area contributed by atoms with Crippen molar-refractivity contribution in [2.24, 2.45) is 0 Å². The third-order valence-electron chi connectivity index (χ3n) is 2.92. The molecule has 112 valence electrons. The number of carbonyl (C=O) groups is 2. The molecule has 2 aromatic rings. The molecule has 0 aliphatic heterocycles. The lowest BCUT2D eigenvalue weighted by atomic mass is 10.2. The topological polar surface area (TPSA) is 84.5 Å². The molecule has 2 amide bonds. The van der Waals surface area contributed by atoms with E-state index in [2.05, 4.69) is 10.6 Å². The molecule has 0 radical (unpaired) electrons. The van der Waals surface area contributed by atoms with Crippen LogP contribution >= 0.6 is 0 Å². The SMILES string of the molecule is O=C(CCCC(=O)NCc1ccco1)NCc1ccoc1. The molecule has 0 spiro atoms. The van der Waals surface area contributed by atoms with Crippen molar-refractivity contribution in [3.05, 3.63) is 48.3 Å². The molecule has 2 N–H and O–H groups in total. The van der Waals surface area contributed by atoms with Gasteiger partial charge in [-0.05, 0) is 24.6 Å². The third kappa shape index (κ3) is 5.56. The van der Waals surface area contributed by atoms with E-state index in [1.165, 1.54) is 0 Å². The number of amides is 2. The fourth-order valence-electron chi connectivity index (χ4n) is 1.78. The maximum absolute atomic E-state index is 11.6. The lowest BCUT2D eigenvalue weighted by Gasteiger charge is -2.04. The van der Waals surface area contributed by atoms with Gasteiger partial charge in [-0.3, -0.25) is 9.59 Å². The minimum Gasteiger partial charge on any atom is -0.472 e. The lowest BCUT2D eigenvalue weighted by Crippen LogP contribution is -2.24. The van der Waals surface area contributed by atoms with Crippen molar-refractivity contribution in [2.45, 2.75) is 32.4 Å². The smallest absolute Gasteiger partial charge is 0.220 e. The molecule has 0 aliphatic rings. The molecule has 2 heterocycles. The van der Waals surface area contributed by atoms with Crippen molar-refractivity contribution in [1.82, 2.24) is 10.6 Å². The predicted molar refractivity (Wildman–Crippen MR) is 75.0 cm³/mol. The maximum atomic E-state index is 11.6.